The van der Waals surface area contributed by atoms with Crippen LogP contribution in [0.2, 0.25) is 0 Å². The van der Waals surface area contributed by atoms with Gasteiger partial charge in [0.25, 0.3) is 5.92 Å². The Morgan fingerprint density at radius 2 is 2.24 bits per heavy atom. The first-order chi connectivity index (χ1) is 8.05. The Kier molecular flexibility index (Phi) is 5.73. The summed E-state index contributed by atoms with van der Waals surface area (Å²) in [5.41, 5.74) is 0. The Labute approximate surface area is 98.8 Å². The van der Waals surface area contributed by atoms with E-state index >= 15 is 0 Å². The maximum atomic E-state index is 12.8. The maximum absolute atomic E-state index is 12.8. The average Bonchev–Trinajstić information content (AvgIpc) is 2.64. The van der Waals surface area contributed by atoms with Crippen LogP contribution >= 0.6 is 0 Å². The van der Waals surface area contributed by atoms with Crippen molar-refractivity contribution in [2.75, 3.05) is 40.0 Å². The zero-order chi connectivity index (χ0) is 12.7. The van der Waals surface area contributed by atoms with Gasteiger partial charge in [-0.2, -0.15) is 0 Å². The van der Waals surface area contributed by atoms with Crippen LogP contribution in [0.1, 0.15) is 6.42 Å². The molecule has 2 N–H and O–H groups in total. The van der Waals surface area contributed by atoms with Crippen molar-refractivity contribution in [1.29, 1.82) is 0 Å². The smallest absolute Gasteiger partial charge is 0.262 e. The molecule has 0 aliphatic carbocycles. The summed E-state index contributed by atoms with van der Waals surface area (Å²) in [4.78, 5) is 11.4. The van der Waals surface area contributed by atoms with Crippen molar-refractivity contribution in [3.8, 4) is 0 Å². The molecule has 1 atom stereocenters. The molecule has 1 amide bonds. The van der Waals surface area contributed by atoms with Crippen LogP contribution in [0, 0.1) is 0 Å². The Morgan fingerprint density at radius 3 is 2.82 bits per heavy atom. The molecule has 5 nitrogen and oxygen atoms in total. The summed E-state index contributed by atoms with van der Waals surface area (Å²) in [5, 5.41) is 5.02. The fourth-order valence-electron chi connectivity index (χ4n) is 1.51. The minimum absolute atomic E-state index is 0.312. The Bertz CT molecular complexity index is 252. The van der Waals surface area contributed by atoms with E-state index in [1.165, 1.54) is 0 Å². The van der Waals surface area contributed by atoms with E-state index in [0.717, 1.165) is 0 Å². The number of alkyl halides is 2. The fraction of sp³-hybridized carbons (Fsp3) is 0.900. The lowest BCUT2D eigenvalue weighted by atomic mass is 10.2. The molecule has 1 rings (SSSR count). The highest BCUT2D eigenvalue weighted by molar-refractivity contribution is 5.82. The molecule has 0 aromatic rings. The lowest BCUT2D eigenvalue weighted by Crippen LogP contribution is -2.41. The summed E-state index contributed by atoms with van der Waals surface area (Å²) in [6.45, 7) is 1.16. The van der Waals surface area contributed by atoms with Crippen LogP contribution in [0.5, 0.6) is 0 Å². The molecule has 17 heavy (non-hydrogen) atoms. The lowest BCUT2D eigenvalue weighted by molar-refractivity contribution is -0.123. The zero-order valence-corrected chi connectivity index (χ0v) is 9.80. The lowest BCUT2D eigenvalue weighted by Gasteiger charge is -2.11. The van der Waals surface area contributed by atoms with Gasteiger partial charge in [0.1, 0.15) is 0 Å². The molecule has 0 bridgehead atoms. The van der Waals surface area contributed by atoms with E-state index in [9.17, 15) is 13.6 Å². The van der Waals surface area contributed by atoms with Crippen molar-refractivity contribution in [2.24, 2.45) is 0 Å². The molecular weight excluding hydrogens is 234 g/mol. The highest BCUT2D eigenvalue weighted by Crippen LogP contribution is 2.24. The van der Waals surface area contributed by atoms with Crippen LogP contribution < -0.4 is 10.6 Å². The average molecular weight is 252 g/mol. The van der Waals surface area contributed by atoms with Crippen molar-refractivity contribution in [2.45, 2.75) is 18.4 Å². The van der Waals surface area contributed by atoms with E-state index in [-0.39, 0.29) is 0 Å². The number of rotatable bonds is 7. The first kappa shape index (κ1) is 14.3. The van der Waals surface area contributed by atoms with Crippen molar-refractivity contribution < 1.29 is 23.0 Å². The van der Waals surface area contributed by atoms with Gasteiger partial charge >= 0.3 is 0 Å². The summed E-state index contributed by atoms with van der Waals surface area (Å²) in [5.74, 6) is -3.19. The Balaban J connectivity index is 2.06. The molecule has 0 aromatic heterocycles. The molecule has 0 spiro atoms. The molecular formula is C10H18F2N2O3. The molecule has 7 heteroatoms. The predicted octanol–water partition coefficient (Wildman–Crippen LogP) is -0.237. The topological polar surface area (TPSA) is 59.6 Å². The van der Waals surface area contributed by atoms with Gasteiger partial charge in [-0.1, -0.05) is 0 Å². The fourth-order valence-corrected chi connectivity index (χ4v) is 1.51. The van der Waals surface area contributed by atoms with Crippen LogP contribution in [-0.4, -0.2) is 57.9 Å². The molecule has 100 valence electrons. The molecule has 0 aromatic carbocycles. The van der Waals surface area contributed by atoms with E-state index in [1.54, 1.807) is 7.11 Å². The van der Waals surface area contributed by atoms with Gasteiger partial charge in [-0.3, -0.25) is 10.1 Å². The van der Waals surface area contributed by atoms with Crippen LogP contribution in [-0.2, 0) is 14.3 Å². The molecule has 1 aliphatic heterocycles. The minimum atomic E-state index is -2.78. The largest absolute Gasteiger partial charge is 0.382 e. The summed E-state index contributed by atoms with van der Waals surface area (Å²) in [6.07, 6.45) is -0.441. The monoisotopic (exact) mass is 252 g/mol. The second-order valence-electron chi connectivity index (χ2n) is 3.89. The Morgan fingerprint density at radius 1 is 1.47 bits per heavy atom. The van der Waals surface area contributed by atoms with Gasteiger partial charge in [0.15, 0.2) is 0 Å². The van der Waals surface area contributed by atoms with Gasteiger partial charge in [0.05, 0.1) is 32.4 Å². The summed E-state index contributed by atoms with van der Waals surface area (Å²) in [6, 6.07) is -0.802. The minimum Gasteiger partial charge on any atom is -0.382 e. The normalized spacial score (nSPS) is 22.6. The molecule has 1 aliphatic rings. The number of amides is 1. The second-order valence-corrected chi connectivity index (χ2v) is 3.89. The number of carbonyl (C=O) groups is 1. The Hall–Kier alpha value is -0.790. The van der Waals surface area contributed by atoms with Crippen molar-refractivity contribution in [1.82, 2.24) is 10.6 Å². The van der Waals surface area contributed by atoms with Crippen LogP contribution in [0.4, 0.5) is 8.78 Å². The number of halogens is 2. The van der Waals surface area contributed by atoms with Gasteiger partial charge in [0, 0.05) is 20.1 Å². The summed E-state index contributed by atoms with van der Waals surface area (Å²) in [7, 11) is 1.57. The number of ether oxygens (including phenoxy) is 2. The van der Waals surface area contributed by atoms with Crippen LogP contribution in [0.25, 0.3) is 0 Å². The van der Waals surface area contributed by atoms with Crippen molar-refractivity contribution in [3.05, 3.63) is 0 Å². The quantitative estimate of drug-likeness (QED) is 0.614. The SMILES string of the molecule is COCCOCCNC(=O)C1CC(F)(F)CN1. The molecule has 1 heterocycles. The van der Waals surface area contributed by atoms with E-state index in [1.807, 2.05) is 0 Å². The van der Waals surface area contributed by atoms with Crippen molar-refractivity contribution >= 4 is 5.91 Å². The van der Waals surface area contributed by atoms with Gasteiger partial charge in [-0.15, -0.1) is 0 Å². The number of hydrogen-bond acceptors (Lipinski definition) is 4. The maximum Gasteiger partial charge on any atom is 0.262 e. The van der Waals surface area contributed by atoms with E-state index in [2.05, 4.69) is 10.6 Å². The van der Waals surface area contributed by atoms with Crippen LogP contribution in [0.15, 0.2) is 0 Å². The van der Waals surface area contributed by atoms with E-state index in [4.69, 9.17) is 9.47 Å². The van der Waals surface area contributed by atoms with Crippen LogP contribution in [0.3, 0.4) is 0 Å². The third-order valence-corrected chi connectivity index (χ3v) is 2.40. The number of hydrogen-bond donors (Lipinski definition) is 2. The number of carbonyl (C=O) groups excluding carboxylic acids is 1. The second kappa shape index (κ2) is 6.83. The molecule has 0 radical (unpaired) electrons. The standard InChI is InChI=1S/C10H18F2N2O3/c1-16-4-5-17-3-2-13-9(15)8-6-10(11,12)7-14-8/h8,14H,2-7H2,1H3,(H,13,15). The first-order valence-corrected chi connectivity index (χ1v) is 5.51. The number of methoxy groups -OCH3 is 1. The van der Waals surface area contributed by atoms with Crippen molar-refractivity contribution in [3.63, 3.8) is 0 Å². The summed E-state index contributed by atoms with van der Waals surface area (Å²) < 4.78 is 35.5. The molecule has 0 saturated carbocycles. The van der Waals surface area contributed by atoms with Gasteiger partial charge in [0.2, 0.25) is 5.91 Å². The van der Waals surface area contributed by atoms with E-state index in [0.29, 0.717) is 26.4 Å². The zero-order valence-electron chi connectivity index (χ0n) is 9.80. The molecule has 1 saturated heterocycles. The van der Waals surface area contributed by atoms with Gasteiger partial charge in [-0.25, -0.2) is 8.78 Å². The third-order valence-electron chi connectivity index (χ3n) is 2.40. The highest BCUT2D eigenvalue weighted by atomic mass is 19.3. The first-order valence-electron chi connectivity index (χ1n) is 5.51. The number of nitrogens with one attached hydrogen (secondary N) is 2. The third kappa shape index (κ3) is 5.38. The van der Waals surface area contributed by atoms with Gasteiger partial charge < -0.3 is 14.8 Å². The summed E-state index contributed by atoms with van der Waals surface area (Å²) >= 11 is 0. The van der Waals surface area contributed by atoms with E-state index < -0.39 is 30.8 Å². The molecule has 1 fully saturated rings. The predicted molar refractivity (Wildman–Crippen MR) is 57.1 cm³/mol. The highest BCUT2D eigenvalue weighted by Gasteiger charge is 2.42. The molecule has 1 unspecified atom stereocenters. The van der Waals surface area contributed by atoms with Gasteiger partial charge in [-0.05, 0) is 0 Å².